The number of methoxy groups -OCH3 is 4. The van der Waals surface area contributed by atoms with Crippen LogP contribution in [0, 0.1) is 22.7 Å². The molecular formula is C34H50O7P+. The highest BCUT2D eigenvalue weighted by atomic mass is 31.1. The largest absolute Gasteiger partial charge is 0.496 e. The van der Waals surface area contributed by atoms with Crippen LogP contribution in [0.5, 0.6) is 23.0 Å². The minimum Gasteiger partial charge on any atom is -0.496 e. The van der Waals surface area contributed by atoms with Crippen LogP contribution in [0.4, 0.5) is 0 Å². The molecule has 0 heterocycles. The number of ether oxygens (including phenoxy) is 4. The summed E-state index contributed by atoms with van der Waals surface area (Å²) in [6.45, 7) is 16.4. The second kappa shape index (κ2) is 14.5. The number of carbonyl (C=O) groups is 2. The molecule has 0 aliphatic rings. The molecule has 0 aliphatic heterocycles. The van der Waals surface area contributed by atoms with Crippen LogP contribution in [-0.2, 0) is 4.57 Å². The van der Waals surface area contributed by atoms with Gasteiger partial charge in [-0.15, -0.1) is 0 Å². The SMILES string of the molecule is COc1cccc(OC)c1C(=O)C(C(C)CC(C)(C)C)[P+](=O)C(C(=O)c1c(OC)cccc1OC)C(C)CC(C)(C)C. The van der Waals surface area contributed by atoms with Crippen LogP contribution in [0.15, 0.2) is 36.4 Å². The molecule has 0 saturated carbocycles. The Bertz CT molecular complexity index is 1120. The van der Waals surface area contributed by atoms with Gasteiger partial charge in [-0.05, 0) is 47.9 Å². The van der Waals surface area contributed by atoms with Crippen LogP contribution in [0.1, 0.15) is 88.9 Å². The first-order valence-electron chi connectivity index (χ1n) is 14.5. The number of benzene rings is 2. The third-order valence-electron chi connectivity index (χ3n) is 7.38. The average molecular weight is 602 g/mol. The first kappa shape index (κ1) is 35.3. The standard InChI is InChI=1S/C34H50O7P/c1-21(19-33(3,4)5)31(29(35)27-23(38-9)15-13-16-24(27)39-10)42(37)32(22(2)20-34(6,7)8)30(36)28-25(40-11)17-14-18-26(28)41-12/h13-18,21-22,31-32H,19-20H2,1-12H3/q+1. The molecule has 0 saturated heterocycles. The summed E-state index contributed by atoms with van der Waals surface area (Å²) in [7, 11) is 3.50. The molecule has 0 amide bonds. The molecule has 0 bridgehead atoms. The van der Waals surface area contributed by atoms with Gasteiger partial charge in [-0.1, -0.05) is 72.1 Å². The van der Waals surface area contributed by atoms with Crippen molar-refractivity contribution in [3.63, 3.8) is 0 Å². The van der Waals surface area contributed by atoms with Crippen molar-refractivity contribution in [3.05, 3.63) is 47.5 Å². The Balaban J connectivity index is 2.85. The second-order valence-electron chi connectivity index (χ2n) is 13.5. The smallest absolute Gasteiger partial charge is 0.362 e. The lowest BCUT2D eigenvalue weighted by Gasteiger charge is -2.29. The van der Waals surface area contributed by atoms with E-state index in [1.165, 1.54) is 28.4 Å². The van der Waals surface area contributed by atoms with Gasteiger partial charge in [0.1, 0.15) is 34.1 Å². The minimum absolute atomic E-state index is 0.151. The van der Waals surface area contributed by atoms with E-state index in [1.54, 1.807) is 36.4 Å². The fourth-order valence-electron chi connectivity index (χ4n) is 6.06. The van der Waals surface area contributed by atoms with E-state index >= 15 is 4.57 Å². The van der Waals surface area contributed by atoms with E-state index in [9.17, 15) is 9.59 Å². The molecular weight excluding hydrogens is 551 g/mol. The summed E-state index contributed by atoms with van der Waals surface area (Å²) in [6, 6.07) is 10.3. The average Bonchev–Trinajstić information content (AvgIpc) is 2.89. The van der Waals surface area contributed by atoms with Crippen molar-refractivity contribution in [1.82, 2.24) is 0 Å². The minimum atomic E-state index is -2.46. The molecule has 42 heavy (non-hydrogen) atoms. The Morgan fingerprint density at radius 2 is 0.881 bits per heavy atom. The fourth-order valence-corrected chi connectivity index (χ4v) is 8.34. The van der Waals surface area contributed by atoms with Crippen molar-refractivity contribution in [1.29, 1.82) is 0 Å². The first-order valence-corrected chi connectivity index (χ1v) is 15.9. The van der Waals surface area contributed by atoms with Crippen LogP contribution >= 0.6 is 7.80 Å². The number of ketones is 2. The predicted molar refractivity (Wildman–Crippen MR) is 169 cm³/mol. The van der Waals surface area contributed by atoms with Crippen LogP contribution in [0.3, 0.4) is 0 Å². The highest BCUT2D eigenvalue weighted by Crippen LogP contribution is 2.51. The fraction of sp³-hybridized carbons (Fsp3) is 0.588. The van der Waals surface area contributed by atoms with Gasteiger partial charge >= 0.3 is 7.80 Å². The van der Waals surface area contributed by atoms with Gasteiger partial charge in [0, 0.05) is 11.8 Å². The summed E-state index contributed by atoms with van der Waals surface area (Å²) in [5, 5.41) is 0. The molecule has 232 valence electrons. The van der Waals surface area contributed by atoms with E-state index in [4.69, 9.17) is 18.9 Å². The molecule has 0 N–H and O–H groups in total. The van der Waals surface area contributed by atoms with E-state index in [1.807, 2.05) is 13.8 Å². The lowest BCUT2D eigenvalue weighted by molar-refractivity contribution is 0.0945. The van der Waals surface area contributed by atoms with Crippen LogP contribution < -0.4 is 18.9 Å². The van der Waals surface area contributed by atoms with Gasteiger partial charge in [-0.2, -0.15) is 0 Å². The molecule has 0 fully saturated rings. The van der Waals surface area contributed by atoms with Crippen molar-refractivity contribution in [3.8, 4) is 23.0 Å². The number of Topliss-reactive ketones (excluding diaryl/α,β-unsaturated/α-hetero) is 2. The van der Waals surface area contributed by atoms with E-state index < -0.39 is 19.1 Å². The second-order valence-corrected chi connectivity index (χ2v) is 15.4. The lowest BCUT2D eigenvalue weighted by Crippen LogP contribution is -2.36. The Morgan fingerprint density at radius 3 is 1.10 bits per heavy atom. The van der Waals surface area contributed by atoms with Gasteiger partial charge < -0.3 is 18.9 Å². The first-order chi connectivity index (χ1) is 19.5. The molecule has 2 rings (SSSR count). The van der Waals surface area contributed by atoms with Crippen molar-refractivity contribution < 1.29 is 33.1 Å². The zero-order valence-electron chi connectivity index (χ0n) is 27.5. The Hall–Kier alpha value is -2.92. The van der Waals surface area contributed by atoms with Crippen molar-refractivity contribution >= 4 is 19.4 Å². The van der Waals surface area contributed by atoms with E-state index in [-0.39, 0.29) is 45.4 Å². The summed E-state index contributed by atoms with van der Waals surface area (Å²) < 4.78 is 37.4. The zero-order chi connectivity index (χ0) is 32.0. The van der Waals surface area contributed by atoms with Crippen LogP contribution in [-0.4, -0.2) is 51.3 Å². The summed E-state index contributed by atoms with van der Waals surface area (Å²) >= 11 is 0. The highest BCUT2D eigenvalue weighted by Gasteiger charge is 2.54. The number of rotatable bonds is 14. The van der Waals surface area contributed by atoms with Gasteiger partial charge in [0.15, 0.2) is 0 Å². The summed E-state index contributed by atoms with van der Waals surface area (Å²) in [5.41, 5.74) is -1.77. The Labute approximate surface area is 253 Å². The predicted octanol–water partition coefficient (Wildman–Crippen LogP) is 8.50. The van der Waals surface area contributed by atoms with Gasteiger partial charge in [0.2, 0.25) is 22.9 Å². The summed E-state index contributed by atoms with van der Waals surface area (Å²) in [5.74, 6) is 0.0329. The molecule has 7 nitrogen and oxygen atoms in total. The van der Waals surface area contributed by atoms with Crippen molar-refractivity contribution in [2.45, 2.75) is 79.5 Å². The highest BCUT2D eigenvalue weighted by molar-refractivity contribution is 7.49. The quantitative estimate of drug-likeness (QED) is 0.158. The maximum Gasteiger partial charge on any atom is 0.362 e. The molecule has 2 aromatic carbocycles. The monoisotopic (exact) mass is 601 g/mol. The van der Waals surface area contributed by atoms with Crippen molar-refractivity contribution in [2.24, 2.45) is 22.7 Å². The molecule has 0 radical (unpaired) electrons. The Kier molecular flexibility index (Phi) is 12.2. The van der Waals surface area contributed by atoms with Gasteiger partial charge in [0.25, 0.3) is 0 Å². The molecule has 4 unspecified atom stereocenters. The van der Waals surface area contributed by atoms with Crippen molar-refractivity contribution in [2.75, 3.05) is 28.4 Å². The molecule has 2 aromatic rings. The molecule has 0 aromatic heterocycles. The normalized spacial score (nSPS) is 15.2. The van der Waals surface area contributed by atoms with Gasteiger partial charge in [-0.3, -0.25) is 9.59 Å². The molecule has 8 heteroatoms. The van der Waals surface area contributed by atoms with E-state index in [0.29, 0.717) is 35.8 Å². The maximum absolute atomic E-state index is 15.1. The molecule has 4 atom stereocenters. The van der Waals surface area contributed by atoms with Gasteiger partial charge in [-0.25, -0.2) is 0 Å². The van der Waals surface area contributed by atoms with E-state index in [2.05, 4.69) is 41.5 Å². The van der Waals surface area contributed by atoms with Crippen LogP contribution in [0.2, 0.25) is 0 Å². The van der Waals surface area contributed by atoms with E-state index in [0.717, 1.165) is 0 Å². The maximum atomic E-state index is 15.1. The third-order valence-corrected chi connectivity index (χ3v) is 9.96. The molecule has 0 spiro atoms. The number of carbonyl (C=O) groups excluding carboxylic acids is 2. The molecule has 0 aliphatic carbocycles. The lowest BCUT2D eigenvalue weighted by atomic mass is 9.82. The summed E-state index contributed by atoms with van der Waals surface area (Å²) in [6.07, 6.45) is 1.24. The van der Waals surface area contributed by atoms with Gasteiger partial charge in [0.05, 0.1) is 28.4 Å². The Morgan fingerprint density at radius 1 is 0.619 bits per heavy atom. The summed E-state index contributed by atoms with van der Waals surface area (Å²) in [4.78, 5) is 29.2. The zero-order valence-corrected chi connectivity index (χ0v) is 28.4. The number of hydrogen-bond acceptors (Lipinski definition) is 7. The topological polar surface area (TPSA) is 88.1 Å². The third kappa shape index (κ3) is 8.56. The number of hydrogen-bond donors (Lipinski definition) is 0. The van der Waals surface area contributed by atoms with Crippen LogP contribution in [0.25, 0.3) is 0 Å².